The molecule has 0 aliphatic heterocycles. The van der Waals surface area contributed by atoms with E-state index in [1.54, 1.807) is 20.8 Å². The second-order valence-corrected chi connectivity index (χ2v) is 9.60. The molecule has 0 fully saturated rings. The van der Waals surface area contributed by atoms with Crippen molar-refractivity contribution in [1.29, 1.82) is 0 Å². The highest BCUT2D eigenvalue weighted by atomic mass is 16.6. The molecule has 3 N–H and O–H groups in total. The lowest BCUT2D eigenvalue weighted by molar-refractivity contribution is -0.123. The van der Waals surface area contributed by atoms with Gasteiger partial charge in [0.1, 0.15) is 11.4 Å². The Balaban J connectivity index is 2.06. The van der Waals surface area contributed by atoms with Gasteiger partial charge in [-0.25, -0.2) is 4.79 Å². The van der Waals surface area contributed by atoms with Crippen molar-refractivity contribution in [2.75, 3.05) is 26.2 Å². The number of alkyl carbamates (subject to hydrolysis) is 1. The maximum atomic E-state index is 11.9. The van der Waals surface area contributed by atoms with Crippen LogP contribution in [0.1, 0.15) is 66.4 Å². The molecule has 0 bridgehead atoms. The van der Waals surface area contributed by atoms with Crippen LogP contribution in [0.15, 0.2) is 24.3 Å². The van der Waals surface area contributed by atoms with Crippen molar-refractivity contribution in [3.8, 4) is 5.75 Å². The Labute approximate surface area is 191 Å². The van der Waals surface area contributed by atoms with E-state index in [4.69, 9.17) is 9.47 Å². The van der Waals surface area contributed by atoms with Gasteiger partial charge in [0, 0.05) is 32.5 Å². The highest BCUT2D eigenvalue weighted by molar-refractivity contribution is 5.77. The van der Waals surface area contributed by atoms with Crippen LogP contribution in [-0.2, 0) is 19.7 Å². The fourth-order valence-electron chi connectivity index (χ4n) is 2.65. The summed E-state index contributed by atoms with van der Waals surface area (Å²) in [5.74, 6) is 0.501. The Kier molecular flexibility index (Phi) is 11.0. The number of hydrogen-bond donors (Lipinski definition) is 3. The van der Waals surface area contributed by atoms with Gasteiger partial charge in [0.15, 0.2) is 0 Å². The third kappa shape index (κ3) is 12.8. The molecular formula is C24H39N3O5. The number of rotatable bonds is 11. The van der Waals surface area contributed by atoms with Crippen molar-refractivity contribution in [2.24, 2.45) is 0 Å². The number of carbonyl (C=O) groups is 3. The third-order valence-corrected chi connectivity index (χ3v) is 4.33. The summed E-state index contributed by atoms with van der Waals surface area (Å²) in [6, 6.07) is 8.02. The van der Waals surface area contributed by atoms with E-state index in [9.17, 15) is 14.4 Å². The number of amides is 3. The van der Waals surface area contributed by atoms with Gasteiger partial charge in [-0.1, -0.05) is 32.9 Å². The molecule has 8 heteroatoms. The first-order valence-electron chi connectivity index (χ1n) is 11.1. The summed E-state index contributed by atoms with van der Waals surface area (Å²) >= 11 is 0. The summed E-state index contributed by atoms with van der Waals surface area (Å²) in [5, 5.41) is 7.98. The number of hydrogen-bond acceptors (Lipinski definition) is 5. The molecule has 0 unspecified atom stereocenters. The number of ether oxygens (including phenoxy) is 2. The van der Waals surface area contributed by atoms with Crippen LogP contribution in [-0.4, -0.2) is 49.7 Å². The van der Waals surface area contributed by atoms with E-state index in [0.29, 0.717) is 32.5 Å². The smallest absolute Gasteiger partial charge is 0.407 e. The summed E-state index contributed by atoms with van der Waals surface area (Å²) in [7, 11) is 0. The van der Waals surface area contributed by atoms with Crippen LogP contribution in [0.2, 0.25) is 0 Å². The Morgan fingerprint density at radius 2 is 1.34 bits per heavy atom. The van der Waals surface area contributed by atoms with Gasteiger partial charge in [-0.15, -0.1) is 0 Å². The predicted molar refractivity (Wildman–Crippen MR) is 125 cm³/mol. The van der Waals surface area contributed by atoms with Crippen LogP contribution in [0.25, 0.3) is 0 Å². The Morgan fingerprint density at radius 1 is 0.781 bits per heavy atom. The summed E-state index contributed by atoms with van der Waals surface area (Å²) in [4.78, 5) is 35.1. The summed E-state index contributed by atoms with van der Waals surface area (Å²) < 4.78 is 10.8. The van der Waals surface area contributed by atoms with Gasteiger partial charge in [-0.2, -0.15) is 0 Å². The maximum Gasteiger partial charge on any atom is 0.407 e. The first kappa shape index (κ1) is 27.3. The lowest BCUT2D eigenvalue weighted by Gasteiger charge is -2.19. The van der Waals surface area contributed by atoms with Gasteiger partial charge in [0.25, 0.3) is 0 Å². The van der Waals surface area contributed by atoms with Gasteiger partial charge in [-0.05, 0) is 50.3 Å². The van der Waals surface area contributed by atoms with Gasteiger partial charge < -0.3 is 25.4 Å². The molecule has 8 nitrogen and oxygen atoms in total. The Bertz CT molecular complexity index is 733. The second kappa shape index (κ2) is 12.9. The molecule has 180 valence electrons. The van der Waals surface area contributed by atoms with Crippen LogP contribution in [0.3, 0.4) is 0 Å². The average Bonchev–Trinajstić information content (AvgIpc) is 2.67. The van der Waals surface area contributed by atoms with E-state index >= 15 is 0 Å². The van der Waals surface area contributed by atoms with E-state index in [2.05, 4.69) is 48.9 Å². The summed E-state index contributed by atoms with van der Waals surface area (Å²) in [6.45, 7) is 13.1. The minimum atomic E-state index is -0.575. The largest absolute Gasteiger partial charge is 0.494 e. The van der Waals surface area contributed by atoms with Crippen LogP contribution in [0, 0.1) is 0 Å². The lowest BCUT2D eigenvalue weighted by atomic mass is 9.87. The highest BCUT2D eigenvalue weighted by Gasteiger charge is 2.16. The van der Waals surface area contributed by atoms with Crippen molar-refractivity contribution >= 4 is 17.9 Å². The fraction of sp³-hybridized carbons (Fsp3) is 0.625. The molecule has 0 heterocycles. The molecule has 0 spiro atoms. The van der Waals surface area contributed by atoms with Crippen LogP contribution < -0.4 is 20.7 Å². The maximum absolute atomic E-state index is 11.9. The lowest BCUT2D eigenvalue weighted by Crippen LogP contribution is -2.37. The molecular weight excluding hydrogens is 410 g/mol. The zero-order valence-electron chi connectivity index (χ0n) is 20.3. The predicted octanol–water partition coefficient (Wildman–Crippen LogP) is 3.29. The van der Waals surface area contributed by atoms with Gasteiger partial charge in [0.05, 0.1) is 6.61 Å². The zero-order valence-corrected chi connectivity index (χ0v) is 20.3. The molecule has 0 atom stereocenters. The van der Waals surface area contributed by atoms with Crippen LogP contribution in [0.5, 0.6) is 5.75 Å². The van der Waals surface area contributed by atoms with Crippen molar-refractivity contribution in [2.45, 2.75) is 71.8 Å². The topological polar surface area (TPSA) is 106 Å². The van der Waals surface area contributed by atoms with Crippen LogP contribution in [0.4, 0.5) is 4.79 Å². The minimum Gasteiger partial charge on any atom is -0.494 e. The second-order valence-electron chi connectivity index (χ2n) is 9.60. The van der Waals surface area contributed by atoms with Crippen molar-refractivity contribution in [3.05, 3.63) is 29.8 Å². The molecule has 1 aromatic rings. The minimum absolute atomic E-state index is 0.0856. The van der Waals surface area contributed by atoms with E-state index in [0.717, 1.165) is 5.75 Å². The molecule has 1 aromatic carbocycles. The standard InChI is InChI=1S/C24H39N3O5/c1-23(2,3)18-9-11-19(12-10-18)31-17-7-8-20(28)25-15-16-26-21(29)13-14-27-22(30)32-24(4,5)6/h9-12H,7-8,13-17H2,1-6H3,(H,25,28)(H,26,29)(H,27,30). The van der Waals surface area contributed by atoms with E-state index in [-0.39, 0.29) is 30.2 Å². The quantitative estimate of drug-likeness (QED) is 0.450. The van der Waals surface area contributed by atoms with Crippen molar-refractivity contribution in [1.82, 2.24) is 16.0 Å². The molecule has 0 saturated heterocycles. The van der Waals surface area contributed by atoms with Crippen molar-refractivity contribution < 1.29 is 23.9 Å². The molecule has 0 aromatic heterocycles. The van der Waals surface area contributed by atoms with E-state index in [1.165, 1.54) is 5.56 Å². The number of nitrogens with one attached hydrogen (secondary N) is 3. The normalized spacial score (nSPS) is 11.4. The fourth-order valence-corrected chi connectivity index (χ4v) is 2.65. The van der Waals surface area contributed by atoms with Gasteiger partial charge >= 0.3 is 6.09 Å². The number of benzene rings is 1. The molecule has 0 aliphatic carbocycles. The van der Waals surface area contributed by atoms with E-state index in [1.807, 2.05) is 12.1 Å². The monoisotopic (exact) mass is 449 g/mol. The molecule has 0 saturated carbocycles. The molecule has 0 aliphatic rings. The van der Waals surface area contributed by atoms with Gasteiger partial charge in [0.2, 0.25) is 11.8 Å². The van der Waals surface area contributed by atoms with Crippen LogP contribution >= 0.6 is 0 Å². The Morgan fingerprint density at radius 3 is 1.88 bits per heavy atom. The Hall–Kier alpha value is -2.77. The summed E-state index contributed by atoms with van der Waals surface area (Å²) in [6.07, 6.45) is 0.549. The van der Waals surface area contributed by atoms with Gasteiger partial charge in [-0.3, -0.25) is 9.59 Å². The SMILES string of the molecule is CC(C)(C)OC(=O)NCCC(=O)NCCNC(=O)CCCOc1ccc(C(C)(C)C)cc1. The molecule has 32 heavy (non-hydrogen) atoms. The van der Waals surface area contributed by atoms with E-state index < -0.39 is 11.7 Å². The first-order valence-corrected chi connectivity index (χ1v) is 11.1. The first-order chi connectivity index (χ1) is 14.9. The number of carbonyl (C=O) groups excluding carboxylic acids is 3. The zero-order chi connectivity index (χ0) is 24.2. The highest BCUT2D eigenvalue weighted by Crippen LogP contribution is 2.24. The molecule has 1 rings (SSSR count). The molecule has 0 radical (unpaired) electrons. The third-order valence-electron chi connectivity index (χ3n) is 4.33. The summed E-state index contributed by atoms with van der Waals surface area (Å²) in [5.41, 5.74) is 0.775. The molecule has 3 amide bonds. The van der Waals surface area contributed by atoms with Crippen molar-refractivity contribution in [3.63, 3.8) is 0 Å². The average molecular weight is 450 g/mol.